The topological polar surface area (TPSA) is 131 Å². The van der Waals surface area contributed by atoms with Gasteiger partial charge in [0, 0.05) is 18.7 Å². The maximum atomic E-state index is 12.2. The summed E-state index contributed by atoms with van der Waals surface area (Å²) < 4.78 is 5.07. The molecule has 27 heavy (non-hydrogen) atoms. The molecule has 0 saturated heterocycles. The number of carboxylic acid groups (broad SMARTS) is 1. The number of hydrogen-bond donors (Lipinski definition) is 3. The summed E-state index contributed by atoms with van der Waals surface area (Å²) in [5.74, 6) is -1.55. The van der Waals surface area contributed by atoms with Crippen molar-refractivity contribution >= 4 is 23.3 Å². The van der Waals surface area contributed by atoms with Crippen LogP contribution in [0.4, 0.5) is 11.4 Å². The molecule has 0 radical (unpaired) electrons. The lowest BCUT2D eigenvalue weighted by molar-refractivity contribution is -0.384. The molecule has 2 aromatic carbocycles. The summed E-state index contributed by atoms with van der Waals surface area (Å²) in [5, 5.41) is 25.5. The van der Waals surface area contributed by atoms with Gasteiger partial charge in [-0.1, -0.05) is 30.3 Å². The van der Waals surface area contributed by atoms with E-state index in [1.54, 1.807) is 0 Å². The van der Waals surface area contributed by atoms with Crippen molar-refractivity contribution in [1.29, 1.82) is 0 Å². The maximum Gasteiger partial charge on any atom is 0.321 e. The highest BCUT2D eigenvalue weighted by Crippen LogP contribution is 2.29. The van der Waals surface area contributed by atoms with Crippen LogP contribution in [0.5, 0.6) is 5.75 Å². The van der Waals surface area contributed by atoms with Gasteiger partial charge < -0.3 is 15.2 Å². The zero-order valence-corrected chi connectivity index (χ0v) is 14.5. The van der Waals surface area contributed by atoms with Gasteiger partial charge in [-0.3, -0.25) is 25.0 Å². The number of non-ortho nitro benzene ring substituents is 1. The second-order valence-corrected chi connectivity index (χ2v) is 5.65. The van der Waals surface area contributed by atoms with Crippen molar-refractivity contribution < 1.29 is 24.4 Å². The highest BCUT2D eigenvalue weighted by Gasteiger charge is 2.22. The number of aliphatic carboxylic acids is 1. The maximum absolute atomic E-state index is 12.2. The van der Waals surface area contributed by atoms with Crippen molar-refractivity contribution in [3.8, 4) is 5.75 Å². The summed E-state index contributed by atoms with van der Waals surface area (Å²) in [6, 6.07) is 11.8. The summed E-state index contributed by atoms with van der Waals surface area (Å²) in [7, 11) is 1.36. The van der Waals surface area contributed by atoms with Gasteiger partial charge >= 0.3 is 5.97 Å². The summed E-state index contributed by atoms with van der Waals surface area (Å²) in [5.41, 5.74) is 0.761. The van der Waals surface area contributed by atoms with Gasteiger partial charge in [-0.05, 0) is 11.6 Å². The number of anilines is 1. The Bertz CT molecular complexity index is 825. The highest BCUT2D eigenvalue weighted by molar-refractivity contribution is 5.95. The Labute approximate surface area is 155 Å². The zero-order valence-electron chi connectivity index (χ0n) is 14.5. The summed E-state index contributed by atoms with van der Waals surface area (Å²) in [6.07, 6.45) is -0.353. The lowest BCUT2D eigenvalue weighted by atomic mass is 10.1. The minimum absolute atomic E-state index is 0.101. The van der Waals surface area contributed by atoms with E-state index in [0.29, 0.717) is 0 Å². The van der Waals surface area contributed by atoms with Gasteiger partial charge in [0.1, 0.15) is 11.8 Å². The first-order chi connectivity index (χ1) is 12.9. The number of carbonyl (C=O) groups is 2. The molecule has 0 heterocycles. The van der Waals surface area contributed by atoms with Crippen LogP contribution in [0.15, 0.2) is 48.5 Å². The number of hydrogen-bond acceptors (Lipinski definition) is 6. The molecule has 0 saturated carbocycles. The number of methoxy groups -OCH3 is 1. The standard InChI is InChI=1S/C18H19N3O6/c1-27-16-8-7-13(21(25)26)9-14(16)20-17(22)10-15(18(23)24)19-11-12-5-3-2-4-6-12/h2-9,15,19H,10-11H2,1H3,(H,20,22)(H,23,24)/t15-/m1/s1. The predicted molar refractivity (Wildman–Crippen MR) is 97.6 cm³/mol. The number of amides is 1. The van der Waals surface area contributed by atoms with Crippen LogP contribution in [0.1, 0.15) is 12.0 Å². The van der Waals surface area contributed by atoms with E-state index in [1.807, 2.05) is 30.3 Å². The number of nitro groups is 1. The van der Waals surface area contributed by atoms with Crippen molar-refractivity contribution in [3.05, 3.63) is 64.2 Å². The third-order valence-electron chi connectivity index (χ3n) is 3.75. The van der Waals surface area contributed by atoms with Crippen LogP contribution in [0, 0.1) is 10.1 Å². The molecule has 0 unspecified atom stereocenters. The molecule has 1 amide bonds. The molecule has 2 aromatic rings. The molecule has 0 aliphatic rings. The molecule has 0 aliphatic carbocycles. The molecular weight excluding hydrogens is 354 g/mol. The second kappa shape index (κ2) is 9.30. The molecule has 0 bridgehead atoms. The van der Waals surface area contributed by atoms with Crippen LogP contribution >= 0.6 is 0 Å². The zero-order chi connectivity index (χ0) is 19.8. The number of benzene rings is 2. The summed E-state index contributed by atoms with van der Waals surface area (Å²) in [6.45, 7) is 0.283. The van der Waals surface area contributed by atoms with Crippen molar-refractivity contribution in [2.45, 2.75) is 19.0 Å². The molecule has 0 spiro atoms. The fourth-order valence-electron chi connectivity index (χ4n) is 2.38. The van der Waals surface area contributed by atoms with Crippen molar-refractivity contribution in [2.24, 2.45) is 0 Å². The Kier molecular flexibility index (Phi) is 6.84. The van der Waals surface area contributed by atoms with Gasteiger partial charge in [-0.15, -0.1) is 0 Å². The van der Waals surface area contributed by atoms with E-state index < -0.39 is 22.8 Å². The van der Waals surface area contributed by atoms with E-state index in [0.717, 1.165) is 11.6 Å². The smallest absolute Gasteiger partial charge is 0.321 e. The Balaban J connectivity index is 2.04. The van der Waals surface area contributed by atoms with E-state index in [4.69, 9.17) is 4.74 Å². The van der Waals surface area contributed by atoms with Crippen LogP contribution < -0.4 is 15.4 Å². The first kappa shape index (κ1) is 19.9. The summed E-state index contributed by atoms with van der Waals surface area (Å²) in [4.78, 5) is 34.0. The highest BCUT2D eigenvalue weighted by atomic mass is 16.6. The first-order valence-electron chi connectivity index (χ1n) is 8.03. The van der Waals surface area contributed by atoms with Gasteiger partial charge in [0.05, 0.1) is 24.1 Å². The molecule has 0 aromatic heterocycles. The van der Waals surface area contributed by atoms with Crippen molar-refractivity contribution in [3.63, 3.8) is 0 Å². The van der Waals surface area contributed by atoms with E-state index >= 15 is 0 Å². The number of carboxylic acids is 1. The molecule has 1 atom stereocenters. The van der Waals surface area contributed by atoms with E-state index in [9.17, 15) is 24.8 Å². The van der Waals surface area contributed by atoms with Crippen LogP contribution in [0.3, 0.4) is 0 Å². The molecule has 0 fully saturated rings. The quantitative estimate of drug-likeness (QED) is 0.453. The Morgan fingerprint density at radius 2 is 1.93 bits per heavy atom. The largest absolute Gasteiger partial charge is 0.495 e. The van der Waals surface area contributed by atoms with E-state index in [-0.39, 0.29) is 30.1 Å². The van der Waals surface area contributed by atoms with Gasteiger partial charge in [0.25, 0.3) is 5.69 Å². The summed E-state index contributed by atoms with van der Waals surface area (Å²) >= 11 is 0. The number of nitro benzene ring substituents is 1. The Hall–Kier alpha value is -3.46. The number of nitrogens with zero attached hydrogens (tertiary/aromatic N) is 1. The van der Waals surface area contributed by atoms with Crippen LogP contribution in [0.25, 0.3) is 0 Å². The van der Waals surface area contributed by atoms with Crippen molar-refractivity contribution in [2.75, 3.05) is 12.4 Å². The molecule has 9 heteroatoms. The minimum atomic E-state index is -1.17. The fourth-order valence-corrected chi connectivity index (χ4v) is 2.38. The van der Waals surface area contributed by atoms with Gasteiger partial charge in [0.15, 0.2) is 0 Å². The lowest BCUT2D eigenvalue weighted by Gasteiger charge is -2.15. The minimum Gasteiger partial charge on any atom is -0.495 e. The second-order valence-electron chi connectivity index (χ2n) is 5.65. The van der Waals surface area contributed by atoms with E-state index in [1.165, 1.54) is 19.2 Å². The van der Waals surface area contributed by atoms with E-state index in [2.05, 4.69) is 10.6 Å². The van der Waals surface area contributed by atoms with Crippen LogP contribution in [-0.4, -0.2) is 35.1 Å². The van der Waals surface area contributed by atoms with Crippen LogP contribution in [-0.2, 0) is 16.1 Å². The third kappa shape index (κ3) is 5.79. The van der Waals surface area contributed by atoms with Gasteiger partial charge in [0.2, 0.25) is 5.91 Å². The average Bonchev–Trinajstić information content (AvgIpc) is 2.65. The monoisotopic (exact) mass is 373 g/mol. The molecule has 9 nitrogen and oxygen atoms in total. The lowest BCUT2D eigenvalue weighted by Crippen LogP contribution is -2.39. The first-order valence-corrected chi connectivity index (χ1v) is 8.03. The predicted octanol–water partition coefficient (Wildman–Crippen LogP) is 2.17. The van der Waals surface area contributed by atoms with Gasteiger partial charge in [-0.25, -0.2) is 0 Å². The number of rotatable bonds is 9. The van der Waals surface area contributed by atoms with Crippen molar-refractivity contribution in [1.82, 2.24) is 5.32 Å². The normalized spacial score (nSPS) is 11.4. The molecule has 0 aliphatic heterocycles. The Morgan fingerprint density at radius 3 is 2.52 bits per heavy atom. The molecule has 3 N–H and O–H groups in total. The molecular formula is C18H19N3O6. The Morgan fingerprint density at radius 1 is 1.22 bits per heavy atom. The van der Waals surface area contributed by atoms with Gasteiger partial charge in [-0.2, -0.15) is 0 Å². The molecule has 2 rings (SSSR count). The number of ether oxygens (including phenoxy) is 1. The average molecular weight is 373 g/mol. The number of nitrogens with one attached hydrogen (secondary N) is 2. The number of carbonyl (C=O) groups excluding carboxylic acids is 1. The fraction of sp³-hybridized carbons (Fsp3) is 0.222. The molecule has 142 valence electrons. The van der Waals surface area contributed by atoms with Crippen LogP contribution in [0.2, 0.25) is 0 Å². The SMILES string of the molecule is COc1ccc([N+](=O)[O-])cc1NC(=O)C[C@@H](NCc1ccccc1)C(=O)O. The third-order valence-corrected chi connectivity index (χ3v) is 3.75.